The van der Waals surface area contributed by atoms with Gasteiger partial charge < -0.3 is 10.0 Å². The van der Waals surface area contributed by atoms with Crippen molar-refractivity contribution in [2.24, 2.45) is 0 Å². The van der Waals surface area contributed by atoms with E-state index in [2.05, 4.69) is 4.98 Å². The number of likely N-dealkylation sites (tertiary alicyclic amines) is 1. The molecule has 1 amide bonds. The number of carbonyl (C=O) groups excluding carboxylic acids is 1. The smallest absolute Gasteiger partial charge is 0.253 e. The normalized spacial score (nSPS) is 18.0. The first kappa shape index (κ1) is 13.7. The molecule has 1 aromatic carbocycles. The van der Waals surface area contributed by atoms with Gasteiger partial charge in [-0.15, -0.1) is 0 Å². The molecule has 1 fully saturated rings. The Balaban J connectivity index is 1.81. The van der Waals surface area contributed by atoms with Crippen molar-refractivity contribution in [1.29, 1.82) is 0 Å². The van der Waals surface area contributed by atoms with E-state index in [0.29, 0.717) is 36.2 Å². The Kier molecular flexibility index (Phi) is 3.66. The summed E-state index contributed by atoms with van der Waals surface area (Å²) in [6, 6.07) is 8.41. The van der Waals surface area contributed by atoms with E-state index in [1.54, 1.807) is 35.2 Å². The van der Waals surface area contributed by atoms with Gasteiger partial charge in [0.25, 0.3) is 5.91 Å². The molecule has 0 radical (unpaired) electrons. The highest BCUT2D eigenvalue weighted by atomic mass is 19.1. The summed E-state index contributed by atoms with van der Waals surface area (Å²) in [5, 5.41) is 9.48. The molecule has 4 nitrogen and oxygen atoms in total. The van der Waals surface area contributed by atoms with Gasteiger partial charge in [0.2, 0.25) is 0 Å². The van der Waals surface area contributed by atoms with Gasteiger partial charge in [-0.25, -0.2) is 4.39 Å². The van der Waals surface area contributed by atoms with Crippen LogP contribution in [0.4, 0.5) is 4.39 Å². The Morgan fingerprint density at radius 2 is 2.05 bits per heavy atom. The minimum atomic E-state index is -0.431. The molecule has 1 aromatic heterocycles. The number of hydrogen-bond donors (Lipinski definition) is 1. The first-order valence-electron chi connectivity index (χ1n) is 6.82. The molecule has 0 spiro atoms. The number of benzene rings is 1. The molecule has 1 aliphatic rings. The van der Waals surface area contributed by atoms with Gasteiger partial charge in [0.1, 0.15) is 5.82 Å². The molecular formula is C16H15FN2O2. The predicted octanol–water partition coefficient (Wildman–Crippen LogP) is 2.09. The maximum Gasteiger partial charge on any atom is 0.253 e. The zero-order valence-corrected chi connectivity index (χ0v) is 11.4. The minimum absolute atomic E-state index is 0.103. The summed E-state index contributed by atoms with van der Waals surface area (Å²) in [7, 11) is 0. The lowest BCUT2D eigenvalue weighted by molar-refractivity contribution is 0.0765. The number of hydrogen-bond acceptors (Lipinski definition) is 3. The monoisotopic (exact) mass is 286 g/mol. The molecule has 1 saturated heterocycles. The van der Waals surface area contributed by atoms with Crippen molar-refractivity contribution in [3.63, 3.8) is 0 Å². The second-order valence-corrected chi connectivity index (χ2v) is 5.13. The van der Waals surface area contributed by atoms with Gasteiger partial charge in [0.05, 0.1) is 12.3 Å². The van der Waals surface area contributed by atoms with E-state index in [9.17, 15) is 14.3 Å². The molecule has 3 rings (SSSR count). The third kappa shape index (κ3) is 2.78. The van der Waals surface area contributed by atoms with Gasteiger partial charge in [-0.2, -0.15) is 0 Å². The number of aliphatic hydroxyl groups excluding tert-OH is 1. The fourth-order valence-corrected chi connectivity index (χ4v) is 2.51. The molecule has 108 valence electrons. The van der Waals surface area contributed by atoms with Crippen LogP contribution in [0.15, 0.2) is 42.7 Å². The van der Waals surface area contributed by atoms with Crippen molar-refractivity contribution in [2.45, 2.75) is 12.5 Å². The van der Waals surface area contributed by atoms with Crippen molar-refractivity contribution >= 4 is 5.91 Å². The molecular weight excluding hydrogens is 271 g/mol. The molecule has 1 aliphatic heterocycles. The van der Waals surface area contributed by atoms with Crippen molar-refractivity contribution in [3.05, 3.63) is 54.1 Å². The van der Waals surface area contributed by atoms with E-state index in [-0.39, 0.29) is 11.7 Å². The molecule has 1 N–H and O–H groups in total. The van der Waals surface area contributed by atoms with Crippen LogP contribution in [0.1, 0.15) is 16.8 Å². The average Bonchev–Trinajstić information content (AvgIpc) is 2.94. The van der Waals surface area contributed by atoms with E-state index >= 15 is 0 Å². The summed E-state index contributed by atoms with van der Waals surface area (Å²) in [6.45, 7) is 0.945. The molecule has 0 bridgehead atoms. The van der Waals surface area contributed by atoms with Gasteiger partial charge in [0, 0.05) is 30.4 Å². The third-order valence-corrected chi connectivity index (χ3v) is 3.67. The highest BCUT2D eigenvalue weighted by Crippen LogP contribution is 2.23. The number of rotatable bonds is 2. The lowest BCUT2D eigenvalue weighted by Gasteiger charge is -2.15. The largest absolute Gasteiger partial charge is 0.391 e. The van der Waals surface area contributed by atoms with E-state index in [1.807, 2.05) is 0 Å². The van der Waals surface area contributed by atoms with Crippen LogP contribution in [-0.2, 0) is 0 Å². The number of halogens is 1. The Labute approximate surface area is 121 Å². The average molecular weight is 286 g/mol. The summed E-state index contributed by atoms with van der Waals surface area (Å²) in [5.41, 5.74) is 1.70. The number of β-amino-alcohol motifs (C(OH)–C–C–N with tert-alkyl or cyclic N) is 1. The predicted molar refractivity (Wildman–Crippen MR) is 76.2 cm³/mol. The number of aliphatic hydroxyl groups is 1. The van der Waals surface area contributed by atoms with E-state index in [0.717, 1.165) is 0 Å². The number of carbonyl (C=O) groups is 1. The number of aromatic nitrogens is 1. The van der Waals surface area contributed by atoms with Crippen LogP contribution in [0, 0.1) is 5.82 Å². The zero-order chi connectivity index (χ0) is 14.8. The van der Waals surface area contributed by atoms with Gasteiger partial charge in [0.15, 0.2) is 0 Å². The second kappa shape index (κ2) is 5.61. The first-order valence-corrected chi connectivity index (χ1v) is 6.82. The zero-order valence-electron chi connectivity index (χ0n) is 11.4. The summed E-state index contributed by atoms with van der Waals surface area (Å²) < 4.78 is 13.7. The van der Waals surface area contributed by atoms with Crippen LogP contribution >= 0.6 is 0 Å². The maximum atomic E-state index is 13.7. The summed E-state index contributed by atoms with van der Waals surface area (Å²) in [5.74, 6) is -0.493. The van der Waals surface area contributed by atoms with E-state index in [4.69, 9.17) is 0 Å². The number of pyridine rings is 1. The Morgan fingerprint density at radius 1 is 1.29 bits per heavy atom. The van der Waals surface area contributed by atoms with Crippen LogP contribution < -0.4 is 0 Å². The molecule has 2 heterocycles. The Morgan fingerprint density at radius 3 is 2.67 bits per heavy atom. The van der Waals surface area contributed by atoms with Gasteiger partial charge in [-0.1, -0.05) is 12.1 Å². The molecule has 1 unspecified atom stereocenters. The molecule has 1 atom stereocenters. The molecule has 0 aliphatic carbocycles. The molecule has 2 aromatic rings. The quantitative estimate of drug-likeness (QED) is 0.919. The van der Waals surface area contributed by atoms with Crippen molar-refractivity contribution in [1.82, 2.24) is 9.88 Å². The third-order valence-electron chi connectivity index (χ3n) is 3.67. The number of amides is 1. The van der Waals surface area contributed by atoms with E-state index in [1.165, 1.54) is 12.4 Å². The fraction of sp³-hybridized carbons (Fsp3) is 0.250. The maximum absolute atomic E-state index is 13.7. The van der Waals surface area contributed by atoms with Crippen molar-refractivity contribution < 1.29 is 14.3 Å². The van der Waals surface area contributed by atoms with Gasteiger partial charge in [-0.3, -0.25) is 9.78 Å². The number of nitrogens with zero attached hydrogens (tertiary/aromatic N) is 2. The Bertz CT molecular complexity index is 658. The van der Waals surface area contributed by atoms with Crippen LogP contribution in [0.2, 0.25) is 0 Å². The van der Waals surface area contributed by atoms with E-state index < -0.39 is 6.10 Å². The molecule has 5 heteroatoms. The summed E-state index contributed by atoms with van der Waals surface area (Å²) in [6.07, 6.45) is 2.88. The lowest BCUT2D eigenvalue weighted by atomic mass is 10.0. The highest BCUT2D eigenvalue weighted by Gasteiger charge is 2.25. The Hall–Kier alpha value is -2.27. The van der Waals surface area contributed by atoms with Gasteiger partial charge >= 0.3 is 0 Å². The highest BCUT2D eigenvalue weighted by molar-refractivity contribution is 5.95. The van der Waals surface area contributed by atoms with Crippen molar-refractivity contribution in [2.75, 3.05) is 13.1 Å². The van der Waals surface area contributed by atoms with Crippen LogP contribution in [0.25, 0.3) is 11.1 Å². The summed E-state index contributed by atoms with van der Waals surface area (Å²) in [4.78, 5) is 17.6. The minimum Gasteiger partial charge on any atom is -0.391 e. The van der Waals surface area contributed by atoms with Crippen molar-refractivity contribution in [3.8, 4) is 11.1 Å². The lowest BCUT2D eigenvalue weighted by Crippen LogP contribution is -2.29. The SMILES string of the molecule is O=C(c1ccc(-c2ccncc2F)cc1)N1CCC(O)C1. The standard InChI is InChI=1S/C16H15FN2O2/c17-15-9-18-7-5-14(15)11-1-3-12(4-2-11)16(21)19-8-6-13(20)10-19/h1-5,7,9,13,20H,6,8,10H2. The van der Waals surface area contributed by atoms with Crippen LogP contribution in [0.3, 0.4) is 0 Å². The molecule has 21 heavy (non-hydrogen) atoms. The molecule has 0 saturated carbocycles. The van der Waals surface area contributed by atoms with Gasteiger partial charge in [-0.05, 0) is 30.2 Å². The topological polar surface area (TPSA) is 53.4 Å². The summed E-state index contributed by atoms with van der Waals surface area (Å²) >= 11 is 0. The first-order chi connectivity index (χ1) is 10.1. The van der Waals surface area contributed by atoms with Crippen LogP contribution in [-0.4, -0.2) is 40.1 Å². The van der Waals surface area contributed by atoms with Crippen LogP contribution in [0.5, 0.6) is 0 Å². The fourth-order valence-electron chi connectivity index (χ4n) is 2.51. The second-order valence-electron chi connectivity index (χ2n) is 5.13.